The lowest BCUT2D eigenvalue weighted by Crippen LogP contribution is -2.30. The summed E-state index contributed by atoms with van der Waals surface area (Å²) in [6.45, 7) is 3.59. The number of phosphoric acid groups is 2. The average Bonchev–Trinajstić information content (AvgIpc) is 3.18. The normalized spacial score (nSPS) is 15.9. The first-order valence-corrected chi connectivity index (χ1v) is 24.2. The Morgan fingerprint density at radius 3 is 1.83 bits per heavy atom. The molecule has 0 fully saturated rings. The molecule has 6 N–H and O–H groups in total. The summed E-state index contributed by atoms with van der Waals surface area (Å²) >= 11 is 0. The van der Waals surface area contributed by atoms with E-state index in [0.717, 1.165) is 38.0 Å². The number of carbonyl (C=O) groups is 2. The molecule has 0 aromatic carbocycles. The third-order valence-electron chi connectivity index (χ3n) is 8.45. The molecule has 0 bridgehead atoms. The van der Waals surface area contributed by atoms with Gasteiger partial charge in [0.1, 0.15) is 12.7 Å². The zero-order valence-electron chi connectivity index (χ0n) is 35.9. The van der Waals surface area contributed by atoms with Gasteiger partial charge in [0.15, 0.2) is 6.10 Å². The van der Waals surface area contributed by atoms with Crippen LogP contribution in [0.5, 0.6) is 0 Å². The Kier molecular flexibility index (Phi) is 35.5. The fourth-order valence-electron chi connectivity index (χ4n) is 5.21. The first-order chi connectivity index (χ1) is 28.5. The molecule has 0 aliphatic heterocycles. The van der Waals surface area contributed by atoms with Crippen LogP contribution in [0.15, 0.2) is 72.9 Å². The highest BCUT2D eigenvalue weighted by atomic mass is 31.2. The summed E-state index contributed by atoms with van der Waals surface area (Å²) in [5.74, 6) is -0.485. The van der Waals surface area contributed by atoms with Crippen molar-refractivity contribution in [2.75, 3.05) is 26.4 Å². The Morgan fingerprint density at radius 1 is 0.617 bits per heavy atom. The lowest BCUT2D eigenvalue weighted by molar-refractivity contribution is -0.161. The van der Waals surface area contributed by atoms with E-state index in [1.807, 2.05) is 43.4 Å². The second-order valence-electron chi connectivity index (χ2n) is 14.8. The van der Waals surface area contributed by atoms with Gasteiger partial charge in [-0.1, -0.05) is 151 Å². The Bertz CT molecular complexity index is 1390. The predicted octanol–water partition coefficient (Wildman–Crippen LogP) is 8.41. The van der Waals surface area contributed by atoms with E-state index >= 15 is 0 Å². The van der Waals surface area contributed by atoms with Crippen molar-refractivity contribution in [1.82, 2.24) is 0 Å². The number of carbonyl (C=O) groups excluding carboxylic acids is 2. The molecule has 0 spiro atoms. The van der Waals surface area contributed by atoms with Crippen LogP contribution >= 0.6 is 15.6 Å². The molecule has 60 heavy (non-hydrogen) atoms. The molecule has 1 unspecified atom stereocenters. The molecule has 15 nitrogen and oxygen atoms in total. The first-order valence-electron chi connectivity index (χ1n) is 21.2. The van der Waals surface area contributed by atoms with E-state index in [4.69, 9.17) is 23.8 Å². The van der Waals surface area contributed by atoms with E-state index in [-0.39, 0.29) is 12.8 Å². The molecule has 0 saturated heterocycles. The van der Waals surface area contributed by atoms with Gasteiger partial charge < -0.3 is 39.5 Å². The van der Waals surface area contributed by atoms with Crippen LogP contribution in [-0.4, -0.2) is 92.8 Å². The number of allylic oxidation sites excluding steroid dienone is 8. The Morgan fingerprint density at radius 2 is 1.20 bits per heavy atom. The highest BCUT2D eigenvalue weighted by Gasteiger charge is 2.28. The summed E-state index contributed by atoms with van der Waals surface area (Å²) in [5, 5.41) is 29.7. The summed E-state index contributed by atoms with van der Waals surface area (Å²) < 4.78 is 47.5. The molecule has 0 aromatic heterocycles. The number of aliphatic hydroxyl groups is 3. The van der Waals surface area contributed by atoms with Crippen LogP contribution in [0.4, 0.5) is 0 Å². The van der Waals surface area contributed by atoms with E-state index in [9.17, 15) is 38.9 Å². The third-order valence-corrected chi connectivity index (χ3v) is 9.89. The molecule has 0 aliphatic rings. The van der Waals surface area contributed by atoms with Crippen LogP contribution in [-0.2, 0) is 41.8 Å². The van der Waals surface area contributed by atoms with Crippen LogP contribution in [0.2, 0.25) is 0 Å². The number of unbranched alkanes of at least 4 members (excludes halogenated alkanes) is 9. The standard InChI is InChI=1S/C43H74O15P2/c1-4-5-19-27-38(44)28-21-15-11-9-12-16-22-29-39(45)30-23-18-25-31-42(47)54-35-41(36-57-60(52,53)56-34-40(46)33-55-59(49,50)51)58-43(48)32-24-17-13-8-6-7-10-14-20-26-37(2)3/h5,11-12,15-16,19,21-23,28-30,37-41,44-46H,4,6-10,13-14,17-18,20,24-27,31-36H2,1-3H3,(H,52,53)(H2,49,50,51)/b15-11-,16-12-,19-5-,28-21+,29-22+,30-23-/t38-,39-,40+,41-/m1/s1. The first kappa shape index (κ1) is 57.5. The number of ether oxygens (including phenoxy) is 2. The zero-order chi connectivity index (χ0) is 44.9. The van der Waals surface area contributed by atoms with Crippen LogP contribution in [0.1, 0.15) is 130 Å². The van der Waals surface area contributed by atoms with Gasteiger partial charge in [-0.3, -0.25) is 23.2 Å². The molecule has 0 amide bonds. The van der Waals surface area contributed by atoms with E-state index in [1.54, 1.807) is 36.5 Å². The monoisotopic (exact) mass is 892 g/mol. The quantitative estimate of drug-likeness (QED) is 0.0112. The number of esters is 2. The highest BCUT2D eigenvalue weighted by molar-refractivity contribution is 7.47. The lowest BCUT2D eigenvalue weighted by atomic mass is 10.0. The Balaban J connectivity index is 4.76. The fraction of sp³-hybridized carbons (Fsp3) is 0.674. The van der Waals surface area contributed by atoms with Crippen LogP contribution in [0.3, 0.4) is 0 Å². The number of phosphoric ester groups is 2. The fourth-order valence-corrected chi connectivity index (χ4v) is 6.37. The maximum Gasteiger partial charge on any atom is 0.472 e. The minimum absolute atomic E-state index is 0.00618. The predicted molar refractivity (Wildman–Crippen MR) is 232 cm³/mol. The number of hydrogen-bond acceptors (Lipinski definition) is 12. The molecule has 0 radical (unpaired) electrons. The Labute approximate surface area is 358 Å². The number of aliphatic hydroxyl groups excluding tert-OH is 3. The van der Waals surface area contributed by atoms with Crippen molar-refractivity contribution in [3.8, 4) is 0 Å². The lowest BCUT2D eigenvalue weighted by Gasteiger charge is -2.20. The third kappa shape index (κ3) is 40.9. The molecule has 346 valence electrons. The summed E-state index contributed by atoms with van der Waals surface area (Å²) in [6.07, 6.45) is 31.4. The molecule has 0 aromatic rings. The van der Waals surface area contributed by atoms with Gasteiger partial charge in [-0.25, -0.2) is 9.13 Å². The van der Waals surface area contributed by atoms with Crippen molar-refractivity contribution < 1.29 is 71.8 Å². The number of hydrogen-bond donors (Lipinski definition) is 6. The van der Waals surface area contributed by atoms with Crippen molar-refractivity contribution in [3.05, 3.63) is 72.9 Å². The van der Waals surface area contributed by atoms with Gasteiger partial charge in [0.2, 0.25) is 0 Å². The van der Waals surface area contributed by atoms with Crippen molar-refractivity contribution in [2.45, 2.75) is 154 Å². The maximum atomic E-state index is 12.6. The van der Waals surface area contributed by atoms with Crippen molar-refractivity contribution in [1.29, 1.82) is 0 Å². The van der Waals surface area contributed by atoms with Crippen LogP contribution in [0, 0.1) is 5.92 Å². The zero-order valence-corrected chi connectivity index (χ0v) is 37.7. The average molecular weight is 893 g/mol. The summed E-state index contributed by atoms with van der Waals surface area (Å²) in [7, 11) is -9.74. The summed E-state index contributed by atoms with van der Waals surface area (Å²) in [5.41, 5.74) is 0. The molecule has 0 heterocycles. The Hall–Kier alpha value is -2.52. The summed E-state index contributed by atoms with van der Waals surface area (Å²) in [6, 6.07) is 0. The smallest absolute Gasteiger partial charge is 0.462 e. The van der Waals surface area contributed by atoms with Gasteiger partial charge in [-0.15, -0.1) is 0 Å². The van der Waals surface area contributed by atoms with Gasteiger partial charge in [-0.2, -0.15) is 0 Å². The SMILES string of the molecule is CC/C=C\C[C@@H](O)/C=C/C=C\C/C=C\C=C\[C@@H](O)/C=C\CCCC(=O)OC[C@H](COP(=O)(O)OC[C@@H](O)COP(=O)(O)O)OC(=O)CCCCCCCCCCCC(C)C. The van der Waals surface area contributed by atoms with Crippen molar-refractivity contribution in [2.24, 2.45) is 5.92 Å². The van der Waals surface area contributed by atoms with E-state index in [2.05, 4.69) is 22.9 Å². The molecule has 0 saturated carbocycles. The van der Waals surface area contributed by atoms with E-state index < -0.39 is 78.4 Å². The van der Waals surface area contributed by atoms with Gasteiger partial charge in [0.25, 0.3) is 0 Å². The van der Waals surface area contributed by atoms with E-state index in [0.29, 0.717) is 32.1 Å². The second kappa shape index (κ2) is 37.1. The van der Waals surface area contributed by atoms with Gasteiger partial charge >= 0.3 is 27.6 Å². The minimum Gasteiger partial charge on any atom is -0.462 e. The van der Waals surface area contributed by atoms with Gasteiger partial charge in [0, 0.05) is 12.8 Å². The van der Waals surface area contributed by atoms with Crippen molar-refractivity contribution in [3.63, 3.8) is 0 Å². The maximum absolute atomic E-state index is 12.6. The highest BCUT2D eigenvalue weighted by Crippen LogP contribution is 2.43. The molecular formula is C43H74O15P2. The minimum atomic E-state index is -4.89. The summed E-state index contributed by atoms with van der Waals surface area (Å²) in [4.78, 5) is 52.6. The largest absolute Gasteiger partial charge is 0.472 e. The molecule has 17 heteroatoms. The second-order valence-corrected chi connectivity index (χ2v) is 17.5. The topological polar surface area (TPSA) is 236 Å². The molecule has 0 rings (SSSR count). The molecule has 5 atom stereocenters. The number of rotatable bonds is 38. The van der Waals surface area contributed by atoms with Crippen LogP contribution < -0.4 is 0 Å². The van der Waals surface area contributed by atoms with Crippen LogP contribution in [0.25, 0.3) is 0 Å². The van der Waals surface area contributed by atoms with Gasteiger partial charge in [0.05, 0.1) is 32.0 Å². The van der Waals surface area contributed by atoms with Crippen molar-refractivity contribution >= 4 is 27.6 Å². The van der Waals surface area contributed by atoms with E-state index in [1.165, 1.54) is 32.1 Å². The molecular weight excluding hydrogens is 818 g/mol. The van der Waals surface area contributed by atoms with Gasteiger partial charge in [-0.05, 0) is 44.4 Å². The molecule has 0 aliphatic carbocycles.